The third-order valence-electron chi connectivity index (χ3n) is 3.59. The predicted molar refractivity (Wildman–Crippen MR) is 104 cm³/mol. The van der Waals surface area contributed by atoms with Crippen molar-refractivity contribution in [3.8, 4) is 17.1 Å². The van der Waals surface area contributed by atoms with E-state index >= 15 is 0 Å². The van der Waals surface area contributed by atoms with Gasteiger partial charge in [-0.05, 0) is 48.5 Å². The predicted octanol–water partition coefficient (Wildman–Crippen LogP) is 3.83. The number of furan rings is 1. The third kappa shape index (κ3) is 5.21. The van der Waals surface area contributed by atoms with Gasteiger partial charge in [-0.2, -0.15) is 5.10 Å². The zero-order valence-electron chi connectivity index (χ0n) is 14.5. The summed E-state index contributed by atoms with van der Waals surface area (Å²) in [4.78, 5) is 22.8. The molecule has 8 heteroatoms. The molecule has 0 saturated carbocycles. The molecule has 1 amide bonds. The highest BCUT2D eigenvalue weighted by Gasteiger charge is 2.08. The van der Waals surface area contributed by atoms with Gasteiger partial charge >= 0.3 is 5.97 Å². The number of aromatic carboxylic acids is 1. The van der Waals surface area contributed by atoms with Crippen molar-refractivity contribution in [2.45, 2.75) is 0 Å². The van der Waals surface area contributed by atoms with E-state index in [-0.39, 0.29) is 12.2 Å². The molecule has 0 aliphatic rings. The quantitative estimate of drug-likeness (QED) is 0.465. The van der Waals surface area contributed by atoms with Gasteiger partial charge in [-0.1, -0.05) is 23.7 Å². The number of halogens is 1. The van der Waals surface area contributed by atoms with Crippen molar-refractivity contribution in [3.05, 3.63) is 77.0 Å². The van der Waals surface area contributed by atoms with Crippen molar-refractivity contribution >= 4 is 29.7 Å². The number of hydrazone groups is 1. The summed E-state index contributed by atoms with van der Waals surface area (Å²) < 4.78 is 10.9. The van der Waals surface area contributed by atoms with Crippen molar-refractivity contribution in [2.75, 3.05) is 6.61 Å². The average molecular weight is 399 g/mol. The molecule has 3 rings (SSSR count). The lowest BCUT2D eigenvalue weighted by Crippen LogP contribution is -2.24. The molecule has 0 atom stereocenters. The van der Waals surface area contributed by atoms with Gasteiger partial charge in [0.2, 0.25) is 0 Å². The minimum Gasteiger partial charge on any atom is -0.484 e. The van der Waals surface area contributed by atoms with E-state index in [1.54, 1.807) is 48.5 Å². The van der Waals surface area contributed by atoms with E-state index in [0.29, 0.717) is 27.9 Å². The molecule has 142 valence electrons. The van der Waals surface area contributed by atoms with E-state index in [1.165, 1.54) is 18.3 Å². The zero-order chi connectivity index (χ0) is 19.9. The Morgan fingerprint density at radius 3 is 2.68 bits per heavy atom. The third-order valence-corrected chi connectivity index (χ3v) is 3.84. The van der Waals surface area contributed by atoms with Crippen molar-refractivity contribution in [2.24, 2.45) is 5.10 Å². The Morgan fingerprint density at radius 2 is 1.93 bits per heavy atom. The lowest BCUT2D eigenvalue weighted by molar-refractivity contribution is -0.123. The summed E-state index contributed by atoms with van der Waals surface area (Å²) >= 11 is 5.77. The van der Waals surface area contributed by atoms with Gasteiger partial charge in [0.15, 0.2) is 6.61 Å². The Labute approximate surface area is 165 Å². The summed E-state index contributed by atoms with van der Waals surface area (Å²) in [5.41, 5.74) is 3.12. The van der Waals surface area contributed by atoms with Gasteiger partial charge in [0.05, 0.1) is 11.8 Å². The Bertz CT molecular complexity index is 1010. The van der Waals surface area contributed by atoms with Gasteiger partial charge in [0, 0.05) is 10.6 Å². The van der Waals surface area contributed by atoms with Crippen LogP contribution in [0, 0.1) is 0 Å². The number of benzene rings is 2. The van der Waals surface area contributed by atoms with Crippen LogP contribution in [0.2, 0.25) is 5.02 Å². The Balaban J connectivity index is 1.53. The molecule has 28 heavy (non-hydrogen) atoms. The summed E-state index contributed by atoms with van der Waals surface area (Å²) in [6.45, 7) is -0.204. The molecule has 3 aromatic rings. The smallest absolute Gasteiger partial charge is 0.335 e. The molecule has 0 bridgehead atoms. The number of hydrogen-bond donors (Lipinski definition) is 2. The fraction of sp³-hybridized carbons (Fsp3) is 0.0500. The largest absolute Gasteiger partial charge is 0.484 e. The van der Waals surface area contributed by atoms with Crippen LogP contribution in [0.3, 0.4) is 0 Å². The Hall–Kier alpha value is -3.58. The Morgan fingerprint density at radius 1 is 1.14 bits per heavy atom. The number of rotatable bonds is 7. The van der Waals surface area contributed by atoms with Crippen molar-refractivity contribution < 1.29 is 23.8 Å². The van der Waals surface area contributed by atoms with Gasteiger partial charge in [-0.15, -0.1) is 0 Å². The van der Waals surface area contributed by atoms with Crippen LogP contribution in [0.1, 0.15) is 16.1 Å². The van der Waals surface area contributed by atoms with Crippen LogP contribution in [0.4, 0.5) is 0 Å². The SMILES string of the molecule is O=C(COc1ccc(Cl)cc1)NN=Cc1ccc(-c2cccc(C(=O)O)c2)o1. The van der Waals surface area contributed by atoms with E-state index in [4.69, 9.17) is 25.9 Å². The maximum atomic E-state index is 11.7. The number of ether oxygens (including phenoxy) is 1. The number of hydrogen-bond acceptors (Lipinski definition) is 5. The molecule has 2 aromatic carbocycles. The highest BCUT2D eigenvalue weighted by Crippen LogP contribution is 2.22. The van der Waals surface area contributed by atoms with Crippen LogP contribution >= 0.6 is 11.6 Å². The molecule has 0 saturated heterocycles. The van der Waals surface area contributed by atoms with Crippen LogP contribution in [-0.4, -0.2) is 29.8 Å². The molecule has 0 unspecified atom stereocenters. The number of carboxylic acids is 1. The molecular weight excluding hydrogens is 384 g/mol. The number of carbonyl (C=O) groups excluding carboxylic acids is 1. The van der Waals surface area contributed by atoms with Crippen molar-refractivity contribution in [3.63, 3.8) is 0 Å². The van der Waals surface area contributed by atoms with E-state index in [0.717, 1.165) is 0 Å². The second kappa shape index (κ2) is 8.88. The van der Waals surface area contributed by atoms with Crippen LogP contribution in [0.5, 0.6) is 5.75 Å². The summed E-state index contributed by atoms with van der Waals surface area (Å²) in [7, 11) is 0. The van der Waals surface area contributed by atoms with E-state index < -0.39 is 11.9 Å². The minimum absolute atomic E-state index is 0.164. The summed E-state index contributed by atoms with van der Waals surface area (Å²) in [6, 6.07) is 16.4. The van der Waals surface area contributed by atoms with Gasteiger partial charge in [0.1, 0.15) is 17.3 Å². The lowest BCUT2D eigenvalue weighted by Gasteiger charge is -2.04. The summed E-state index contributed by atoms with van der Waals surface area (Å²) in [5, 5.41) is 13.4. The fourth-order valence-electron chi connectivity index (χ4n) is 2.26. The summed E-state index contributed by atoms with van der Waals surface area (Å²) in [6.07, 6.45) is 1.34. The zero-order valence-corrected chi connectivity index (χ0v) is 15.2. The van der Waals surface area contributed by atoms with Gasteiger partial charge in [-0.25, -0.2) is 10.2 Å². The first-order valence-electron chi connectivity index (χ1n) is 8.15. The van der Waals surface area contributed by atoms with Crippen molar-refractivity contribution in [1.82, 2.24) is 5.43 Å². The normalized spacial score (nSPS) is 10.8. The molecule has 7 nitrogen and oxygen atoms in total. The maximum Gasteiger partial charge on any atom is 0.335 e. The Kier molecular flexibility index (Phi) is 6.08. The monoisotopic (exact) mass is 398 g/mol. The van der Waals surface area contributed by atoms with E-state index in [2.05, 4.69) is 10.5 Å². The second-order valence-corrected chi connectivity index (χ2v) is 6.06. The highest BCUT2D eigenvalue weighted by atomic mass is 35.5. The molecule has 1 aromatic heterocycles. The first-order chi connectivity index (χ1) is 13.5. The maximum absolute atomic E-state index is 11.7. The molecule has 0 fully saturated rings. The number of amides is 1. The molecule has 0 spiro atoms. The second-order valence-electron chi connectivity index (χ2n) is 5.62. The number of carboxylic acid groups (broad SMARTS) is 1. The fourth-order valence-corrected chi connectivity index (χ4v) is 2.39. The molecule has 0 aliphatic heterocycles. The first-order valence-corrected chi connectivity index (χ1v) is 8.53. The molecule has 0 aliphatic carbocycles. The molecule has 0 radical (unpaired) electrons. The lowest BCUT2D eigenvalue weighted by atomic mass is 10.1. The number of carbonyl (C=O) groups is 2. The number of nitrogens with zero attached hydrogens (tertiary/aromatic N) is 1. The minimum atomic E-state index is -1.02. The van der Waals surface area contributed by atoms with Crippen LogP contribution in [0.25, 0.3) is 11.3 Å². The topological polar surface area (TPSA) is 101 Å². The average Bonchev–Trinajstić information content (AvgIpc) is 3.16. The van der Waals surface area contributed by atoms with Gasteiger partial charge in [0.25, 0.3) is 5.91 Å². The molecule has 2 N–H and O–H groups in total. The van der Waals surface area contributed by atoms with Crippen LogP contribution < -0.4 is 10.2 Å². The molecular formula is C20H15ClN2O5. The van der Waals surface area contributed by atoms with Gasteiger partial charge in [-0.3, -0.25) is 4.79 Å². The van der Waals surface area contributed by atoms with E-state index in [9.17, 15) is 9.59 Å². The van der Waals surface area contributed by atoms with Crippen LogP contribution in [-0.2, 0) is 4.79 Å². The number of nitrogens with one attached hydrogen (secondary N) is 1. The van der Waals surface area contributed by atoms with Gasteiger partial charge < -0.3 is 14.3 Å². The summed E-state index contributed by atoms with van der Waals surface area (Å²) in [5.74, 6) is -0.0507. The van der Waals surface area contributed by atoms with Crippen LogP contribution in [0.15, 0.2) is 70.2 Å². The highest BCUT2D eigenvalue weighted by molar-refractivity contribution is 6.30. The van der Waals surface area contributed by atoms with E-state index in [1.807, 2.05) is 0 Å². The standard InChI is InChI=1S/C20H15ClN2O5/c21-15-4-6-16(7-5-15)27-12-19(24)23-22-11-17-8-9-18(28-17)13-2-1-3-14(10-13)20(25)26/h1-11H,12H2,(H,23,24)(H,25,26). The first kappa shape index (κ1) is 19.2. The van der Waals surface area contributed by atoms with Crippen molar-refractivity contribution in [1.29, 1.82) is 0 Å². The molecule has 1 heterocycles.